The number of carboxylic acids is 3. The normalized spacial score (nSPS) is 18.9. The summed E-state index contributed by atoms with van der Waals surface area (Å²) in [4.78, 5) is 40.5. The van der Waals surface area contributed by atoms with Gasteiger partial charge in [0.25, 0.3) is 0 Å². The molecule has 12 nitrogen and oxygen atoms in total. The van der Waals surface area contributed by atoms with Gasteiger partial charge < -0.3 is 30.0 Å². The fraction of sp³-hybridized carbons (Fsp3) is 0.333. The molecule has 0 fully saturated rings. The Balaban J connectivity index is 0.000000141. The molecule has 0 bridgehead atoms. The third-order valence-corrected chi connectivity index (χ3v) is 30.6. The Hall–Kier alpha value is -13.1. The van der Waals surface area contributed by atoms with Crippen molar-refractivity contribution in [1.82, 2.24) is 0 Å². The second-order valence-corrected chi connectivity index (χ2v) is 41.5. The first-order valence-corrected chi connectivity index (χ1v) is 49.3. The highest BCUT2D eigenvalue weighted by Gasteiger charge is 2.50. The number of hydrogen-bond donors (Lipinski definition) is 3. The molecule has 12 aromatic rings. The summed E-state index contributed by atoms with van der Waals surface area (Å²) in [5, 5.41) is 42.9. The molecule has 0 saturated heterocycles. The second-order valence-electron chi connectivity index (χ2n) is 41.5. The van der Waals surface area contributed by atoms with E-state index in [0.29, 0.717) is 18.8 Å². The van der Waals surface area contributed by atoms with E-state index < -0.39 is 17.9 Å². The number of aliphatic carboxylic acids is 3. The van der Waals surface area contributed by atoms with Crippen LogP contribution in [0.3, 0.4) is 0 Å². The molecule has 0 radical (unpaired) electrons. The number of hydrogen-bond acceptors (Lipinski definition) is 6. The number of anilines is 3. The number of fused-ring (bicyclic) bond motifs is 18. The maximum atomic E-state index is 11.1. The van der Waals surface area contributed by atoms with E-state index in [4.69, 9.17) is 15.3 Å². The molecular weight excluding hydrogens is 1660 g/mol. The summed E-state index contributed by atoms with van der Waals surface area (Å²) in [5.74, 6) is -1.61. The van der Waals surface area contributed by atoms with Crippen molar-refractivity contribution in [2.45, 2.75) is 218 Å². The summed E-state index contributed by atoms with van der Waals surface area (Å²) < 4.78 is 7.20. The van der Waals surface area contributed by atoms with Gasteiger partial charge in [0.1, 0.15) is 20.6 Å². The molecule has 6 heterocycles. The molecule has 19 rings (SSSR count). The van der Waals surface area contributed by atoms with E-state index in [1.54, 1.807) is 0 Å². The number of carbonyl (C=O) groups is 3. The van der Waals surface area contributed by atoms with Gasteiger partial charge in [-0.1, -0.05) is 266 Å². The molecule has 0 spiro atoms. The standard InChI is InChI=1S/C45H50N2O2.C40H42N2O2.C38H40N2O2/c1-44(2)39(46(5)37-25-23-33-16-8-10-18-35(33)42(37)44)27-21-31-14-13-15-32(30-31)22-28-40-45(3,4)43-36-19-11-9-17-34(36)24-26-38(43)47(40)29-12-6-7-20-41(48)49;1-39(2)34(41(5)32-25-23-28-16-11-13-18-30(28)37(32)39)20-8-6-9-21-35-40(3,4)38-31-19-14-12-17-29(31)24-26-33(38)42(35)27-15-7-10-22-36(43)44;1-37(2)32(39(5)30-23-21-26-14-8-10-16-28(26)35(30)37)18-13-19-33-38(3,4)36-29-17-11-9-15-27(29)22-24-31(36)40(33)25-12-6-7-20-34(41)42/h8-11,16-19,22-28,30-31H,6-7,12-15,20-21,29H2,1-5H3;6,8-9,11-14,16-21,23-26H,7,10,15,22,27H2,1-5H3;8-11,13-19,21-24H,6-7,12,20,25H2,1-5H3/p+3/b28-22+,39-27+;;. The average Bonchev–Trinajstić information content (AvgIpc) is 1.63. The number of rotatable bonds is 27. The molecule has 1 unspecified atom stereocenters. The Morgan fingerprint density at radius 2 is 0.711 bits per heavy atom. The highest BCUT2D eigenvalue weighted by atomic mass is 16.4. The molecule has 0 amide bonds. The summed E-state index contributed by atoms with van der Waals surface area (Å²) in [5.41, 5.74) is 24.6. The fourth-order valence-corrected chi connectivity index (χ4v) is 24.0. The molecule has 690 valence electrons. The highest BCUT2D eigenvalue weighted by Crippen LogP contribution is 2.56. The lowest BCUT2D eigenvalue weighted by molar-refractivity contribution is -0.438. The molecule has 6 aliphatic heterocycles. The van der Waals surface area contributed by atoms with E-state index in [0.717, 1.165) is 77.4 Å². The smallest absolute Gasteiger partial charge is 0.303 e. The van der Waals surface area contributed by atoms with E-state index in [1.165, 1.54) is 185 Å². The van der Waals surface area contributed by atoms with Crippen LogP contribution in [0.25, 0.3) is 64.6 Å². The van der Waals surface area contributed by atoms with Crippen molar-refractivity contribution in [2.75, 3.05) is 55.5 Å². The van der Waals surface area contributed by atoms with Gasteiger partial charge in [0.15, 0.2) is 17.1 Å². The van der Waals surface area contributed by atoms with Crippen LogP contribution in [0, 0.1) is 5.92 Å². The van der Waals surface area contributed by atoms with Gasteiger partial charge in [0.2, 0.25) is 17.1 Å². The minimum atomic E-state index is -0.717. The summed E-state index contributed by atoms with van der Waals surface area (Å²) in [6, 6.07) is 79.3. The van der Waals surface area contributed by atoms with Gasteiger partial charge in [-0.05, 0) is 242 Å². The van der Waals surface area contributed by atoms with Crippen LogP contribution in [0.1, 0.15) is 219 Å². The summed E-state index contributed by atoms with van der Waals surface area (Å²) in [6.07, 6.45) is 40.8. The van der Waals surface area contributed by atoms with Crippen molar-refractivity contribution >= 4 is 134 Å². The second kappa shape index (κ2) is 38.4. The van der Waals surface area contributed by atoms with Crippen LogP contribution in [0.15, 0.2) is 314 Å². The molecule has 0 saturated carbocycles. The number of allylic oxidation sites excluding steroid dienone is 16. The van der Waals surface area contributed by atoms with E-state index in [2.05, 4.69) is 424 Å². The summed E-state index contributed by atoms with van der Waals surface area (Å²) in [6.45, 7) is 30.8. The Morgan fingerprint density at radius 3 is 1.15 bits per heavy atom. The third-order valence-electron chi connectivity index (χ3n) is 30.6. The van der Waals surface area contributed by atoms with Crippen LogP contribution in [0.2, 0.25) is 0 Å². The molecule has 0 aromatic heterocycles. The van der Waals surface area contributed by atoms with Gasteiger partial charge in [0, 0.05) is 149 Å². The van der Waals surface area contributed by atoms with Gasteiger partial charge in [-0.2, -0.15) is 13.7 Å². The SMILES string of the molecule is CN1/C(=C/CC2C=C(/C=C/C3=[N+](CCCCCC(=O)O)c4ccc5ccccc5c4C3(C)C)CCC2)C(C)(C)c2c1ccc1ccccc21.C[N+]1=C(C=CC=C2N(CCCCCC(=O)O)c3ccc4ccccc4c3C2(C)C)C(C)(C)c2c1ccc1ccccc21.C[N+]1=C(C=CC=CC=C2N(CCCCCC(=O)O)c3ccc4ccccc4c3C2(C)C)C(C)(C)c2c1ccc1ccccc21. The van der Waals surface area contributed by atoms with Crippen LogP contribution in [-0.2, 0) is 46.9 Å². The quantitative estimate of drug-likeness (QED) is 0.0262. The highest BCUT2D eigenvalue weighted by molar-refractivity contribution is 6.11. The summed E-state index contributed by atoms with van der Waals surface area (Å²) in [7, 11) is 6.59. The molecule has 135 heavy (non-hydrogen) atoms. The lowest BCUT2D eigenvalue weighted by atomic mass is 9.78. The number of likely N-dealkylation sites (N-methyl/N-ethyl adjacent to an activating group) is 1. The van der Waals surface area contributed by atoms with Crippen molar-refractivity contribution in [3.63, 3.8) is 0 Å². The van der Waals surface area contributed by atoms with Crippen LogP contribution in [-0.4, -0.2) is 105 Å². The van der Waals surface area contributed by atoms with Crippen LogP contribution in [0.4, 0.5) is 34.1 Å². The monoisotopic (exact) mass is 1790 g/mol. The Morgan fingerprint density at radius 1 is 0.356 bits per heavy atom. The molecule has 3 N–H and O–H groups in total. The third kappa shape index (κ3) is 17.9. The van der Waals surface area contributed by atoms with E-state index in [-0.39, 0.29) is 51.8 Å². The van der Waals surface area contributed by atoms with Crippen molar-refractivity contribution in [3.8, 4) is 0 Å². The van der Waals surface area contributed by atoms with Crippen LogP contribution < -0.4 is 14.7 Å². The van der Waals surface area contributed by atoms with Gasteiger partial charge in [-0.15, -0.1) is 0 Å². The predicted octanol–water partition coefficient (Wildman–Crippen LogP) is 29.3. The first-order valence-electron chi connectivity index (χ1n) is 49.3. The maximum Gasteiger partial charge on any atom is 0.303 e. The fourth-order valence-electron chi connectivity index (χ4n) is 24.0. The van der Waals surface area contributed by atoms with Crippen molar-refractivity contribution < 1.29 is 43.4 Å². The van der Waals surface area contributed by atoms with Gasteiger partial charge >= 0.3 is 17.9 Å². The van der Waals surface area contributed by atoms with Crippen molar-refractivity contribution in [1.29, 1.82) is 0 Å². The first kappa shape index (κ1) is 93.7. The largest absolute Gasteiger partial charge is 0.481 e. The van der Waals surface area contributed by atoms with E-state index in [1.807, 2.05) is 0 Å². The topological polar surface area (TPSA) is 131 Å². The number of carboxylic acid groups (broad SMARTS) is 3. The minimum Gasteiger partial charge on any atom is -0.481 e. The van der Waals surface area contributed by atoms with Crippen LogP contribution in [0.5, 0.6) is 0 Å². The van der Waals surface area contributed by atoms with Gasteiger partial charge in [-0.25, -0.2) is 0 Å². The zero-order valence-electron chi connectivity index (χ0n) is 82.0. The van der Waals surface area contributed by atoms with E-state index >= 15 is 0 Å². The zero-order chi connectivity index (χ0) is 95.0. The van der Waals surface area contributed by atoms with Gasteiger partial charge in [0.05, 0.1) is 16.2 Å². The molecule has 12 heteroatoms. The first-order chi connectivity index (χ1) is 64.8. The molecular formula is C123H135N6O6+3. The zero-order valence-corrected chi connectivity index (χ0v) is 82.0. The Labute approximate surface area is 799 Å². The molecule has 1 atom stereocenters. The lowest BCUT2D eigenvalue weighted by Crippen LogP contribution is -2.28. The predicted molar refractivity (Wildman–Crippen MR) is 566 cm³/mol. The van der Waals surface area contributed by atoms with Crippen LogP contribution >= 0.6 is 0 Å². The average molecular weight is 1790 g/mol. The number of benzene rings is 12. The Kier molecular flexibility index (Phi) is 26.6. The Bertz CT molecular complexity index is 7080. The van der Waals surface area contributed by atoms with Crippen molar-refractivity contribution in [2.24, 2.45) is 5.92 Å². The summed E-state index contributed by atoms with van der Waals surface area (Å²) >= 11 is 0. The molecule has 1 aliphatic carbocycles. The number of nitrogens with zero attached hydrogens (tertiary/aromatic N) is 6. The van der Waals surface area contributed by atoms with E-state index in [9.17, 15) is 14.4 Å². The maximum absolute atomic E-state index is 11.1. The lowest BCUT2D eigenvalue weighted by Gasteiger charge is -2.27. The number of unbranched alkanes of at least 4 members (excludes halogenated alkanes) is 6. The molecule has 7 aliphatic rings. The molecule has 12 aromatic carbocycles. The minimum absolute atomic E-state index is 0.0486. The van der Waals surface area contributed by atoms with Gasteiger partial charge in [-0.3, -0.25) is 14.4 Å². The van der Waals surface area contributed by atoms with Crippen molar-refractivity contribution in [3.05, 3.63) is 347 Å².